The average molecular weight is 427 g/mol. The number of sulfone groups is 1. The molecule has 1 amide bonds. The molecule has 0 radical (unpaired) electrons. The van der Waals surface area contributed by atoms with Gasteiger partial charge in [-0.15, -0.1) is 0 Å². The van der Waals surface area contributed by atoms with E-state index in [2.05, 4.69) is 20.8 Å². The summed E-state index contributed by atoms with van der Waals surface area (Å²) in [6.07, 6.45) is 3.34. The normalized spacial score (nSPS) is 15.4. The second kappa shape index (κ2) is 7.75. The largest absolute Gasteiger partial charge is 0.501 e. The van der Waals surface area contributed by atoms with E-state index in [9.17, 15) is 26.4 Å². The molecule has 1 unspecified atom stereocenters. The summed E-state index contributed by atoms with van der Waals surface area (Å²) in [5.41, 5.74) is -4.99. The molecule has 154 valence electrons. The summed E-state index contributed by atoms with van der Waals surface area (Å²) < 4.78 is 60.6. The number of benzene rings is 1. The fourth-order valence-corrected chi connectivity index (χ4v) is 3.49. The number of carbonyl (C=O) groups excluding carboxylic acids is 1. The van der Waals surface area contributed by atoms with Gasteiger partial charge in [-0.2, -0.15) is 23.5 Å². The van der Waals surface area contributed by atoms with Gasteiger partial charge in [-0.3, -0.25) is 9.89 Å². The summed E-state index contributed by atoms with van der Waals surface area (Å²) in [6.45, 7) is 0. The van der Waals surface area contributed by atoms with Gasteiger partial charge >= 0.3 is 5.51 Å². The Morgan fingerprint density at radius 3 is 2.52 bits per heavy atom. The zero-order chi connectivity index (χ0) is 21.2. The number of carbonyl (C=O) groups is 1. The lowest BCUT2D eigenvalue weighted by atomic mass is 10.1. The van der Waals surface area contributed by atoms with Crippen LogP contribution in [0.3, 0.4) is 0 Å². The van der Waals surface area contributed by atoms with E-state index in [1.165, 1.54) is 6.20 Å². The van der Waals surface area contributed by atoms with Gasteiger partial charge in [-0.25, -0.2) is 8.42 Å². The quantitative estimate of drug-likeness (QED) is 0.623. The molecule has 1 aromatic carbocycles. The van der Waals surface area contributed by atoms with Crippen LogP contribution < -0.4 is 10.6 Å². The van der Waals surface area contributed by atoms with Crippen LogP contribution in [0, 0.1) is 17.2 Å². The van der Waals surface area contributed by atoms with Gasteiger partial charge in [0.15, 0.2) is 0 Å². The van der Waals surface area contributed by atoms with E-state index in [1.54, 1.807) is 0 Å². The van der Waals surface area contributed by atoms with Crippen LogP contribution in [-0.2, 0) is 9.84 Å². The van der Waals surface area contributed by atoms with Crippen molar-refractivity contribution >= 4 is 27.2 Å². The van der Waals surface area contributed by atoms with E-state index in [4.69, 9.17) is 5.26 Å². The summed E-state index contributed by atoms with van der Waals surface area (Å²) >= 11 is 0. The maximum absolute atomic E-state index is 12.6. The Kier molecular flexibility index (Phi) is 5.52. The van der Waals surface area contributed by atoms with E-state index in [-0.39, 0.29) is 35.4 Å². The van der Waals surface area contributed by atoms with Crippen molar-refractivity contribution in [1.82, 2.24) is 15.5 Å². The lowest BCUT2D eigenvalue weighted by molar-refractivity contribution is -0.0436. The molecule has 1 aliphatic carbocycles. The lowest BCUT2D eigenvalue weighted by Gasteiger charge is -2.15. The Morgan fingerprint density at radius 1 is 1.31 bits per heavy atom. The molecule has 8 nitrogen and oxygen atoms in total. The standard InChI is InChI=1S/C17H16F3N5O3S/c18-17(19,20)29(27,28)12-5-3-11(4-6-12)23-15-13(9-22-25-15)16(26)24-14(7-8-21)10-1-2-10/h3-6,9-10,14H,1-2,7H2,(H,24,26)(H2,22,23,25). The first-order valence-electron chi connectivity index (χ1n) is 8.53. The monoisotopic (exact) mass is 427 g/mol. The van der Waals surface area contributed by atoms with Crippen molar-refractivity contribution < 1.29 is 26.4 Å². The van der Waals surface area contributed by atoms with Crippen molar-refractivity contribution in [2.24, 2.45) is 5.92 Å². The van der Waals surface area contributed by atoms with Crippen LogP contribution in [0.15, 0.2) is 35.4 Å². The van der Waals surface area contributed by atoms with Gasteiger partial charge in [-0.05, 0) is 43.0 Å². The molecule has 1 saturated carbocycles. The number of amides is 1. The van der Waals surface area contributed by atoms with Crippen molar-refractivity contribution in [2.75, 3.05) is 5.32 Å². The van der Waals surface area contributed by atoms with Crippen LogP contribution in [0.4, 0.5) is 24.7 Å². The zero-order valence-electron chi connectivity index (χ0n) is 14.8. The molecule has 1 aliphatic rings. The van der Waals surface area contributed by atoms with Gasteiger partial charge in [0.25, 0.3) is 15.7 Å². The van der Waals surface area contributed by atoms with E-state index >= 15 is 0 Å². The lowest BCUT2D eigenvalue weighted by Crippen LogP contribution is -2.36. The Morgan fingerprint density at radius 2 is 1.97 bits per heavy atom. The number of halogens is 3. The number of hydrogen-bond donors (Lipinski definition) is 3. The highest BCUT2D eigenvalue weighted by Gasteiger charge is 2.46. The van der Waals surface area contributed by atoms with Gasteiger partial charge in [-0.1, -0.05) is 0 Å². The summed E-state index contributed by atoms with van der Waals surface area (Å²) in [6, 6.07) is 5.70. The van der Waals surface area contributed by atoms with Crippen LogP contribution in [0.5, 0.6) is 0 Å². The van der Waals surface area contributed by atoms with E-state index < -0.39 is 26.1 Å². The Labute approximate surface area is 164 Å². The van der Waals surface area contributed by atoms with E-state index in [0.717, 1.165) is 37.1 Å². The number of nitriles is 1. The summed E-state index contributed by atoms with van der Waals surface area (Å²) in [5, 5.41) is 20.8. The molecular formula is C17H16F3N5O3S. The molecule has 1 atom stereocenters. The minimum absolute atomic E-state index is 0.153. The number of rotatable bonds is 7. The highest BCUT2D eigenvalue weighted by atomic mass is 32.2. The minimum atomic E-state index is -5.44. The zero-order valence-corrected chi connectivity index (χ0v) is 15.6. The molecule has 1 aromatic heterocycles. The van der Waals surface area contributed by atoms with Gasteiger partial charge in [0.1, 0.15) is 11.4 Å². The second-order valence-electron chi connectivity index (χ2n) is 6.54. The van der Waals surface area contributed by atoms with Crippen LogP contribution in [0.1, 0.15) is 29.6 Å². The molecule has 3 rings (SSSR count). The molecular weight excluding hydrogens is 411 g/mol. The van der Waals surface area contributed by atoms with Crippen molar-refractivity contribution in [3.63, 3.8) is 0 Å². The van der Waals surface area contributed by atoms with Crippen molar-refractivity contribution in [3.05, 3.63) is 36.0 Å². The molecule has 1 fully saturated rings. The fraction of sp³-hybridized carbons (Fsp3) is 0.353. The number of alkyl halides is 3. The maximum atomic E-state index is 12.6. The predicted octanol–water partition coefficient (Wildman–Crippen LogP) is 2.87. The number of nitrogens with one attached hydrogen (secondary N) is 3. The van der Waals surface area contributed by atoms with E-state index in [0.29, 0.717) is 0 Å². The third-order valence-electron chi connectivity index (χ3n) is 4.44. The highest BCUT2D eigenvalue weighted by molar-refractivity contribution is 7.92. The molecule has 0 spiro atoms. The number of anilines is 2. The minimum Gasteiger partial charge on any atom is -0.348 e. The van der Waals surface area contributed by atoms with Crippen molar-refractivity contribution in [1.29, 1.82) is 5.26 Å². The van der Waals surface area contributed by atoms with Crippen molar-refractivity contribution in [2.45, 2.75) is 35.7 Å². The molecule has 12 heteroatoms. The summed E-state index contributed by atoms with van der Waals surface area (Å²) in [4.78, 5) is 11.6. The molecule has 2 aromatic rings. The van der Waals surface area contributed by atoms with Crippen LogP contribution in [0.2, 0.25) is 0 Å². The highest BCUT2D eigenvalue weighted by Crippen LogP contribution is 2.34. The average Bonchev–Trinajstić information content (AvgIpc) is 3.40. The topological polar surface area (TPSA) is 128 Å². The fourth-order valence-electron chi connectivity index (χ4n) is 2.73. The Bertz CT molecular complexity index is 1040. The molecule has 1 heterocycles. The predicted molar refractivity (Wildman–Crippen MR) is 95.8 cm³/mol. The second-order valence-corrected chi connectivity index (χ2v) is 8.48. The van der Waals surface area contributed by atoms with Gasteiger partial charge in [0.2, 0.25) is 0 Å². The first-order valence-corrected chi connectivity index (χ1v) is 10.0. The molecule has 3 N–H and O–H groups in total. The summed E-state index contributed by atoms with van der Waals surface area (Å²) in [7, 11) is -5.44. The number of aromatic nitrogens is 2. The molecule has 0 bridgehead atoms. The third kappa shape index (κ3) is 4.51. The van der Waals surface area contributed by atoms with Crippen LogP contribution in [-0.4, -0.2) is 36.1 Å². The summed E-state index contributed by atoms with van der Waals surface area (Å²) in [5.74, 6) is -0.00450. The van der Waals surface area contributed by atoms with Gasteiger partial charge in [0.05, 0.1) is 23.6 Å². The number of aromatic amines is 1. The smallest absolute Gasteiger partial charge is 0.348 e. The van der Waals surface area contributed by atoms with Gasteiger partial charge < -0.3 is 10.6 Å². The number of hydrogen-bond acceptors (Lipinski definition) is 6. The molecule has 29 heavy (non-hydrogen) atoms. The number of nitrogens with zero attached hydrogens (tertiary/aromatic N) is 2. The van der Waals surface area contributed by atoms with Gasteiger partial charge in [0, 0.05) is 11.7 Å². The maximum Gasteiger partial charge on any atom is 0.501 e. The molecule has 0 saturated heterocycles. The SMILES string of the molecule is N#CCC(NC(=O)c1cn[nH]c1Nc1ccc(S(=O)(=O)C(F)(F)F)cc1)C1CC1. The Balaban J connectivity index is 1.73. The first-order chi connectivity index (χ1) is 13.6. The Hall–Kier alpha value is -3.07. The first kappa shape index (κ1) is 20.7. The van der Waals surface area contributed by atoms with E-state index in [1.807, 2.05) is 6.07 Å². The third-order valence-corrected chi connectivity index (χ3v) is 5.94. The number of H-pyrrole nitrogens is 1. The van der Waals surface area contributed by atoms with Crippen molar-refractivity contribution in [3.8, 4) is 6.07 Å². The van der Waals surface area contributed by atoms with Crippen LogP contribution in [0.25, 0.3) is 0 Å². The van der Waals surface area contributed by atoms with Crippen LogP contribution >= 0.6 is 0 Å². The molecule has 0 aliphatic heterocycles.